The van der Waals surface area contributed by atoms with E-state index in [9.17, 15) is 0 Å². The zero-order valence-electron chi connectivity index (χ0n) is 29.9. The van der Waals surface area contributed by atoms with Crippen molar-refractivity contribution in [2.45, 2.75) is 0 Å². The average molecular weight is 703 g/mol. The van der Waals surface area contributed by atoms with Gasteiger partial charge in [-0.15, -0.1) is 0 Å². The van der Waals surface area contributed by atoms with Crippen LogP contribution < -0.4 is 0 Å². The molecule has 2 heterocycles. The maximum atomic E-state index is 5.12. The van der Waals surface area contributed by atoms with Gasteiger partial charge in [-0.3, -0.25) is 0 Å². The van der Waals surface area contributed by atoms with Gasteiger partial charge in [0.15, 0.2) is 17.5 Å². The van der Waals surface area contributed by atoms with Crippen molar-refractivity contribution in [1.29, 1.82) is 0 Å². The van der Waals surface area contributed by atoms with Crippen LogP contribution in [0.1, 0.15) is 0 Å². The predicted molar refractivity (Wildman–Crippen MR) is 227 cm³/mol. The predicted octanol–water partition coefficient (Wildman–Crippen LogP) is 13.0. The summed E-state index contributed by atoms with van der Waals surface area (Å²) in [5, 5.41) is 2.47. The Morgan fingerprint density at radius 1 is 0.273 bits per heavy atom. The second-order valence-electron chi connectivity index (χ2n) is 13.6. The lowest BCUT2D eigenvalue weighted by molar-refractivity contribution is 1.07. The van der Waals surface area contributed by atoms with E-state index in [0.29, 0.717) is 17.5 Å². The first-order valence-corrected chi connectivity index (χ1v) is 18.5. The minimum absolute atomic E-state index is 0.619. The third-order valence-electron chi connectivity index (χ3n) is 10.3. The number of aromatic nitrogens is 4. The van der Waals surface area contributed by atoms with Gasteiger partial charge in [0.25, 0.3) is 0 Å². The number of para-hydroxylation sites is 2. The van der Waals surface area contributed by atoms with Crippen molar-refractivity contribution in [3.8, 4) is 73.2 Å². The van der Waals surface area contributed by atoms with Crippen LogP contribution in [0.3, 0.4) is 0 Å². The van der Waals surface area contributed by atoms with Gasteiger partial charge in [-0.2, -0.15) is 0 Å². The van der Waals surface area contributed by atoms with E-state index in [1.807, 2.05) is 60.7 Å². The minimum Gasteiger partial charge on any atom is -0.309 e. The molecule has 2 aromatic heterocycles. The van der Waals surface area contributed by atoms with Crippen molar-refractivity contribution in [3.63, 3.8) is 0 Å². The molecular weight excluding hydrogens is 669 g/mol. The molecule has 10 rings (SSSR count). The van der Waals surface area contributed by atoms with Crippen LogP contribution in [0.2, 0.25) is 0 Å². The minimum atomic E-state index is 0.619. The molecule has 0 radical (unpaired) electrons. The van der Waals surface area contributed by atoms with Crippen LogP contribution in [-0.4, -0.2) is 19.5 Å². The molecule has 0 aliphatic heterocycles. The average Bonchev–Trinajstić information content (AvgIpc) is 3.61. The second-order valence-corrected chi connectivity index (χ2v) is 13.6. The normalized spacial score (nSPS) is 11.3. The largest absolute Gasteiger partial charge is 0.309 e. The number of hydrogen-bond acceptors (Lipinski definition) is 3. The molecule has 0 aliphatic carbocycles. The molecule has 0 fully saturated rings. The second kappa shape index (κ2) is 13.8. The molecule has 55 heavy (non-hydrogen) atoms. The van der Waals surface area contributed by atoms with Gasteiger partial charge >= 0.3 is 0 Å². The molecule has 0 aliphatic rings. The summed E-state index contributed by atoms with van der Waals surface area (Å²) in [4.78, 5) is 15.2. The Bertz CT molecular complexity index is 2840. The monoisotopic (exact) mass is 702 g/mol. The molecule has 0 saturated heterocycles. The number of hydrogen-bond donors (Lipinski definition) is 0. The molecule has 0 unspecified atom stereocenters. The smallest absolute Gasteiger partial charge is 0.164 e. The van der Waals surface area contributed by atoms with Gasteiger partial charge in [0, 0.05) is 33.2 Å². The summed E-state index contributed by atoms with van der Waals surface area (Å²) in [6.07, 6.45) is 0. The highest BCUT2D eigenvalue weighted by Gasteiger charge is 2.20. The van der Waals surface area contributed by atoms with Crippen LogP contribution in [0.15, 0.2) is 206 Å². The lowest BCUT2D eigenvalue weighted by Gasteiger charge is -2.19. The molecular formula is C51H34N4. The summed E-state index contributed by atoms with van der Waals surface area (Å²) in [5.41, 5.74) is 13.0. The summed E-state index contributed by atoms with van der Waals surface area (Å²) < 4.78 is 2.39. The molecule has 0 spiro atoms. The van der Waals surface area contributed by atoms with Gasteiger partial charge in [-0.25, -0.2) is 15.0 Å². The number of fused-ring (bicyclic) bond motifs is 3. The third kappa shape index (κ3) is 5.96. The Hall–Kier alpha value is -7.43. The van der Waals surface area contributed by atoms with Crippen molar-refractivity contribution in [1.82, 2.24) is 19.5 Å². The summed E-state index contributed by atoms with van der Waals surface area (Å²) in [7, 11) is 0. The van der Waals surface area contributed by atoms with E-state index >= 15 is 0 Å². The number of benzene rings is 8. The molecule has 0 amide bonds. The van der Waals surface area contributed by atoms with Gasteiger partial charge < -0.3 is 4.57 Å². The number of nitrogens with zero attached hydrogens (tertiary/aromatic N) is 4. The molecule has 4 heteroatoms. The van der Waals surface area contributed by atoms with Crippen LogP contribution in [0.5, 0.6) is 0 Å². The van der Waals surface area contributed by atoms with Crippen LogP contribution >= 0.6 is 0 Å². The van der Waals surface area contributed by atoms with Gasteiger partial charge in [0.1, 0.15) is 0 Å². The van der Waals surface area contributed by atoms with Gasteiger partial charge in [0.05, 0.1) is 11.0 Å². The topological polar surface area (TPSA) is 43.6 Å². The van der Waals surface area contributed by atoms with Crippen molar-refractivity contribution in [2.75, 3.05) is 0 Å². The van der Waals surface area contributed by atoms with E-state index in [0.717, 1.165) is 55.8 Å². The molecule has 0 bridgehead atoms. The van der Waals surface area contributed by atoms with E-state index in [4.69, 9.17) is 15.0 Å². The van der Waals surface area contributed by atoms with E-state index in [-0.39, 0.29) is 0 Å². The quantitative estimate of drug-likeness (QED) is 0.166. The van der Waals surface area contributed by atoms with Crippen LogP contribution in [0, 0.1) is 0 Å². The van der Waals surface area contributed by atoms with Gasteiger partial charge in [0.2, 0.25) is 0 Å². The van der Waals surface area contributed by atoms with Crippen LogP contribution in [-0.2, 0) is 0 Å². The Morgan fingerprint density at radius 2 is 0.655 bits per heavy atom. The van der Waals surface area contributed by atoms with Crippen molar-refractivity contribution < 1.29 is 0 Å². The Morgan fingerprint density at radius 3 is 1.15 bits per heavy atom. The molecule has 0 N–H and O–H groups in total. The first-order valence-electron chi connectivity index (χ1n) is 18.5. The van der Waals surface area contributed by atoms with Crippen molar-refractivity contribution in [3.05, 3.63) is 206 Å². The summed E-state index contributed by atoms with van der Waals surface area (Å²) in [5.74, 6) is 1.89. The molecule has 0 atom stereocenters. The third-order valence-corrected chi connectivity index (χ3v) is 10.3. The molecule has 258 valence electrons. The molecule has 0 saturated carbocycles. The van der Waals surface area contributed by atoms with Crippen LogP contribution in [0.4, 0.5) is 0 Å². The fraction of sp³-hybridized carbons (Fsp3) is 0. The highest BCUT2D eigenvalue weighted by atomic mass is 15.0. The van der Waals surface area contributed by atoms with E-state index < -0.39 is 0 Å². The summed E-state index contributed by atoms with van der Waals surface area (Å²) in [6, 6.07) is 72.4. The summed E-state index contributed by atoms with van der Waals surface area (Å²) in [6.45, 7) is 0. The van der Waals surface area contributed by atoms with Crippen molar-refractivity contribution in [2.24, 2.45) is 0 Å². The van der Waals surface area contributed by atoms with Gasteiger partial charge in [-0.05, 0) is 63.7 Å². The highest BCUT2D eigenvalue weighted by Crippen LogP contribution is 2.42. The maximum absolute atomic E-state index is 5.12. The first kappa shape index (κ1) is 32.2. The van der Waals surface area contributed by atoms with E-state index in [1.165, 1.54) is 21.8 Å². The van der Waals surface area contributed by atoms with Gasteiger partial charge in [-0.1, -0.05) is 176 Å². The van der Waals surface area contributed by atoms with E-state index in [2.05, 4.69) is 150 Å². The fourth-order valence-corrected chi connectivity index (χ4v) is 7.68. The zero-order chi connectivity index (χ0) is 36.6. The maximum Gasteiger partial charge on any atom is 0.164 e. The van der Waals surface area contributed by atoms with Crippen molar-refractivity contribution >= 4 is 21.8 Å². The highest BCUT2D eigenvalue weighted by molar-refractivity contribution is 6.09. The first-order chi connectivity index (χ1) is 27.3. The molecule has 4 nitrogen and oxygen atoms in total. The number of rotatable bonds is 7. The molecule has 8 aromatic carbocycles. The lowest BCUT2D eigenvalue weighted by atomic mass is 9.87. The van der Waals surface area contributed by atoms with E-state index in [1.54, 1.807) is 0 Å². The Balaban J connectivity index is 1.25. The standard InChI is InChI=1S/C51H34N4/c1-5-17-35(18-6-1)41-31-29-39(51-53-49(37-21-9-3-10-22-37)52-50(54-51)38-23-11-4-12-24-38)33-45(41)46-34-40(30-32-42(46)36-19-7-2-8-20-36)55-47-27-15-13-25-43(47)44-26-14-16-28-48(44)55/h1-34H. The fourth-order valence-electron chi connectivity index (χ4n) is 7.68. The Kier molecular flexibility index (Phi) is 8.12. The summed E-state index contributed by atoms with van der Waals surface area (Å²) >= 11 is 0. The SMILES string of the molecule is c1ccc(-c2nc(-c3ccccc3)nc(-c3ccc(-c4ccccc4)c(-c4cc(-n5c6ccccc6c6ccccc65)ccc4-c4ccccc4)c3)n2)cc1. The Labute approximate surface area is 319 Å². The van der Waals surface area contributed by atoms with Crippen LogP contribution in [0.25, 0.3) is 95.0 Å². The zero-order valence-corrected chi connectivity index (χ0v) is 29.9. The molecule has 10 aromatic rings. The lowest BCUT2D eigenvalue weighted by Crippen LogP contribution is -2.01.